The normalized spacial score (nSPS) is 14.5. The van der Waals surface area contributed by atoms with Gasteiger partial charge in [-0.05, 0) is 98.5 Å². The van der Waals surface area contributed by atoms with Crippen LogP contribution in [-0.2, 0) is 0 Å². The monoisotopic (exact) mass is 822 g/mol. The van der Waals surface area contributed by atoms with Crippen LogP contribution in [0.15, 0.2) is 209 Å². The molecule has 0 radical (unpaired) electrons. The molecule has 3 aromatic heterocycles. The van der Waals surface area contributed by atoms with E-state index in [0.717, 1.165) is 66.6 Å². The van der Waals surface area contributed by atoms with Crippen molar-refractivity contribution in [1.82, 2.24) is 9.88 Å². The molecule has 0 aliphatic carbocycles. The maximum Gasteiger partial charge on any atom is 0.159 e. The minimum atomic E-state index is -0.395. The quantitative estimate of drug-likeness (QED) is 0.192. The molecule has 294 valence electrons. The summed E-state index contributed by atoms with van der Waals surface area (Å²) in [7, 11) is 0. The summed E-state index contributed by atoms with van der Waals surface area (Å²) in [5.41, 5.74) is 7.81. The molecular weight excluding hydrogens is 789 g/mol. The van der Waals surface area contributed by atoms with Crippen LogP contribution in [0.4, 0.5) is 0 Å². The molecule has 10 aromatic carbocycles. The van der Waals surface area contributed by atoms with Gasteiger partial charge in [-0.25, -0.2) is 9.98 Å². The van der Waals surface area contributed by atoms with Gasteiger partial charge in [0.15, 0.2) is 11.4 Å². The topological polar surface area (TPSA) is 54.8 Å². The van der Waals surface area contributed by atoms with Crippen molar-refractivity contribution in [3.05, 3.63) is 211 Å². The summed E-state index contributed by atoms with van der Waals surface area (Å²) < 4.78 is 11.8. The summed E-state index contributed by atoms with van der Waals surface area (Å²) in [6, 6.07) is 69.8. The number of thiophene rings is 1. The number of nitrogens with one attached hydrogen (secondary N) is 1. The Hall–Kier alpha value is -8.06. The van der Waals surface area contributed by atoms with Crippen molar-refractivity contribution in [2.45, 2.75) is 6.17 Å². The Labute approximate surface area is 364 Å². The van der Waals surface area contributed by atoms with Gasteiger partial charge in [0.25, 0.3) is 0 Å². The van der Waals surface area contributed by atoms with Crippen LogP contribution in [0, 0.1) is 0 Å². The predicted molar refractivity (Wildman–Crippen MR) is 265 cm³/mol. The van der Waals surface area contributed by atoms with Crippen LogP contribution in [0.1, 0.15) is 22.9 Å². The summed E-state index contributed by atoms with van der Waals surface area (Å²) in [4.78, 5) is 10.9. The number of furan rings is 1. The highest BCUT2D eigenvalue weighted by molar-refractivity contribution is 7.25. The first kappa shape index (κ1) is 34.6. The minimum absolute atomic E-state index is 0.395. The van der Waals surface area contributed by atoms with Gasteiger partial charge in [-0.3, -0.25) is 0 Å². The fraction of sp³-hybridized carbons (Fsp3) is 0.0175. The number of aliphatic imine (C=N–C) groups is 2. The Morgan fingerprint density at radius 3 is 2.05 bits per heavy atom. The van der Waals surface area contributed by atoms with Crippen LogP contribution in [0.25, 0.3) is 102 Å². The number of amidine groups is 2. The third kappa shape index (κ3) is 5.28. The Morgan fingerprint density at radius 1 is 0.476 bits per heavy atom. The fourth-order valence-corrected chi connectivity index (χ4v) is 11.1. The maximum absolute atomic E-state index is 6.90. The second-order valence-electron chi connectivity index (χ2n) is 16.6. The lowest BCUT2D eigenvalue weighted by atomic mass is 10.0. The fourth-order valence-electron chi connectivity index (χ4n) is 9.98. The smallest absolute Gasteiger partial charge is 0.159 e. The van der Waals surface area contributed by atoms with Gasteiger partial charge < -0.3 is 14.3 Å². The zero-order valence-corrected chi connectivity index (χ0v) is 34.5. The molecule has 0 fully saturated rings. The predicted octanol–water partition coefficient (Wildman–Crippen LogP) is 15.0. The zero-order chi connectivity index (χ0) is 41.2. The van der Waals surface area contributed by atoms with E-state index in [4.69, 9.17) is 14.4 Å². The minimum Gasteiger partial charge on any atom is -0.454 e. The Morgan fingerprint density at radius 2 is 1.17 bits per heavy atom. The molecule has 1 N–H and O–H groups in total. The largest absolute Gasteiger partial charge is 0.454 e. The number of hydrogen-bond acceptors (Lipinski definition) is 5. The van der Waals surface area contributed by atoms with Crippen molar-refractivity contribution in [1.29, 1.82) is 0 Å². The summed E-state index contributed by atoms with van der Waals surface area (Å²) in [6.45, 7) is 0. The maximum atomic E-state index is 6.90. The molecule has 1 aliphatic rings. The second-order valence-corrected chi connectivity index (χ2v) is 17.7. The highest BCUT2D eigenvalue weighted by Gasteiger charge is 2.26. The lowest BCUT2D eigenvalue weighted by Crippen LogP contribution is -2.33. The average Bonchev–Trinajstić information content (AvgIpc) is 4.02. The van der Waals surface area contributed by atoms with Gasteiger partial charge in [-0.15, -0.1) is 11.3 Å². The van der Waals surface area contributed by atoms with Crippen LogP contribution < -0.4 is 5.32 Å². The van der Waals surface area contributed by atoms with Crippen molar-refractivity contribution in [3.63, 3.8) is 0 Å². The first-order valence-electron chi connectivity index (χ1n) is 21.3. The molecule has 4 heterocycles. The molecule has 6 heteroatoms. The lowest BCUT2D eigenvalue weighted by molar-refractivity contribution is 0.666. The van der Waals surface area contributed by atoms with Gasteiger partial charge in [-0.2, -0.15) is 0 Å². The van der Waals surface area contributed by atoms with Crippen molar-refractivity contribution >= 4 is 119 Å². The standard InChI is InChI=1S/C57H34N4OS/c1-2-13-35-27-38(22-21-33(35)11-1)55-58-56(39-24-26-52-44(29-39)43-18-8-10-20-51(43)63-52)60-57(59-55)40-30-45-42-17-7-9-19-50(42)62-54(45)49(32-40)61-47-25-23-34-12-5-6-16-41(34)53(47)46-28-36-14-3-4-15-37(36)31-48(46)61/h1-32,56H,(H,58,59,60). The molecule has 0 saturated heterocycles. The number of aromatic nitrogens is 1. The van der Waals surface area contributed by atoms with Crippen LogP contribution >= 0.6 is 11.3 Å². The molecule has 0 bridgehead atoms. The molecule has 0 spiro atoms. The first-order valence-corrected chi connectivity index (χ1v) is 22.1. The van der Waals surface area contributed by atoms with E-state index in [1.807, 2.05) is 17.4 Å². The molecule has 1 unspecified atom stereocenters. The summed E-state index contributed by atoms with van der Waals surface area (Å²) in [5.74, 6) is 1.43. The van der Waals surface area contributed by atoms with Crippen LogP contribution in [0.3, 0.4) is 0 Å². The molecule has 63 heavy (non-hydrogen) atoms. The Kier molecular flexibility index (Phi) is 7.27. The molecule has 14 rings (SSSR count). The van der Waals surface area contributed by atoms with Crippen LogP contribution in [0.5, 0.6) is 0 Å². The number of benzene rings is 10. The van der Waals surface area contributed by atoms with E-state index in [9.17, 15) is 0 Å². The van der Waals surface area contributed by atoms with Crippen molar-refractivity contribution in [2.24, 2.45) is 9.98 Å². The molecule has 13 aromatic rings. The zero-order valence-electron chi connectivity index (χ0n) is 33.7. The first-order chi connectivity index (χ1) is 31.2. The summed E-state index contributed by atoms with van der Waals surface area (Å²) in [6.07, 6.45) is -0.395. The van der Waals surface area contributed by atoms with Crippen LogP contribution in [0.2, 0.25) is 0 Å². The molecule has 5 nitrogen and oxygen atoms in total. The molecule has 1 aliphatic heterocycles. The van der Waals surface area contributed by atoms with E-state index < -0.39 is 6.17 Å². The third-order valence-corrected chi connectivity index (χ3v) is 14.1. The number of rotatable bonds is 4. The summed E-state index contributed by atoms with van der Waals surface area (Å²) >= 11 is 1.83. The van der Waals surface area contributed by atoms with Gasteiger partial charge in [0.1, 0.15) is 17.6 Å². The average molecular weight is 823 g/mol. The van der Waals surface area contributed by atoms with Crippen molar-refractivity contribution < 1.29 is 4.42 Å². The van der Waals surface area contributed by atoms with E-state index in [0.29, 0.717) is 5.84 Å². The van der Waals surface area contributed by atoms with Crippen molar-refractivity contribution in [2.75, 3.05) is 0 Å². The third-order valence-electron chi connectivity index (χ3n) is 13.0. The molecule has 0 amide bonds. The summed E-state index contributed by atoms with van der Waals surface area (Å²) in [5, 5.41) is 17.9. The van der Waals surface area contributed by atoms with Gasteiger partial charge >= 0.3 is 0 Å². The van der Waals surface area contributed by atoms with Gasteiger partial charge in [0.2, 0.25) is 0 Å². The number of nitrogens with zero attached hydrogens (tertiary/aromatic N) is 3. The molecule has 0 saturated carbocycles. The highest BCUT2D eigenvalue weighted by atomic mass is 32.1. The van der Waals surface area contributed by atoms with E-state index in [1.54, 1.807) is 0 Å². The van der Waals surface area contributed by atoms with E-state index in [-0.39, 0.29) is 0 Å². The highest BCUT2D eigenvalue weighted by Crippen LogP contribution is 2.43. The van der Waals surface area contributed by atoms with Crippen LogP contribution in [-0.4, -0.2) is 16.2 Å². The van der Waals surface area contributed by atoms with Gasteiger partial charge in [0.05, 0.1) is 16.7 Å². The van der Waals surface area contributed by atoms with E-state index in [1.165, 1.54) is 57.9 Å². The lowest BCUT2D eigenvalue weighted by Gasteiger charge is -2.24. The number of fused-ring (bicyclic) bond motifs is 13. The number of hydrogen-bond donors (Lipinski definition) is 1. The number of para-hydroxylation sites is 1. The molecular formula is C57H34N4OS. The molecule has 1 atom stereocenters. The van der Waals surface area contributed by atoms with Gasteiger partial charge in [-0.1, -0.05) is 133 Å². The van der Waals surface area contributed by atoms with Crippen molar-refractivity contribution in [3.8, 4) is 5.69 Å². The van der Waals surface area contributed by atoms with E-state index >= 15 is 0 Å². The second kappa shape index (κ2) is 13.2. The van der Waals surface area contributed by atoms with Gasteiger partial charge in [0, 0.05) is 52.8 Å². The van der Waals surface area contributed by atoms with E-state index in [2.05, 4.69) is 198 Å². The Bertz CT molecular complexity index is 4150. The SMILES string of the molecule is c1ccc2cc(C3=NC(c4cc(-n5c6cc7ccccc7cc6c6c7ccccc7ccc65)c5oc6ccccc6c5c4)=NC(c4ccc5sc6ccccc6c5c4)N3)ccc2c1. The Balaban J connectivity index is 1.06.